The van der Waals surface area contributed by atoms with Crippen LogP contribution in [-0.4, -0.2) is 53.2 Å². The first-order valence-corrected chi connectivity index (χ1v) is 8.97. The third-order valence-corrected chi connectivity index (χ3v) is 5.33. The van der Waals surface area contributed by atoms with Gasteiger partial charge in [-0.25, -0.2) is 4.98 Å². The highest BCUT2D eigenvalue weighted by atomic mass is 32.1. The Kier molecular flexibility index (Phi) is 4.09. The van der Waals surface area contributed by atoms with Crippen LogP contribution in [0.4, 0.5) is 0 Å². The Bertz CT molecular complexity index is 707. The number of fused-ring (bicyclic) bond motifs is 1. The van der Waals surface area contributed by atoms with Gasteiger partial charge in [-0.05, 0) is 12.8 Å². The molecule has 0 amide bonds. The van der Waals surface area contributed by atoms with Gasteiger partial charge in [0.05, 0.1) is 37.6 Å². The average molecular weight is 335 g/mol. The minimum Gasteiger partial charge on any atom is -0.469 e. The molecule has 0 N–H and O–H groups in total. The number of carbonyl (C=O) groups is 1. The maximum atomic E-state index is 11.5. The predicted octanol–water partition coefficient (Wildman–Crippen LogP) is 2.04. The zero-order valence-electron chi connectivity index (χ0n) is 13.2. The number of imidazole rings is 1. The molecule has 1 atom stereocenters. The van der Waals surface area contributed by atoms with Crippen molar-refractivity contribution in [3.05, 3.63) is 23.0 Å². The molecule has 4 rings (SSSR count). The number of hydrogen-bond donors (Lipinski definition) is 0. The summed E-state index contributed by atoms with van der Waals surface area (Å²) in [6.07, 6.45) is 4.87. The summed E-state index contributed by atoms with van der Waals surface area (Å²) >= 11 is 1.69. The average Bonchev–Trinajstić information content (AvgIpc) is 3.20. The second-order valence-corrected chi connectivity index (χ2v) is 7.15. The van der Waals surface area contributed by atoms with Crippen LogP contribution in [0.1, 0.15) is 36.6 Å². The summed E-state index contributed by atoms with van der Waals surface area (Å²) in [6, 6.07) is 0. The highest BCUT2D eigenvalue weighted by Gasteiger charge is 2.32. The lowest BCUT2D eigenvalue weighted by atomic mass is 10.1. The van der Waals surface area contributed by atoms with Crippen LogP contribution in [0.2, 0.25) is 0 Å². The summed E-state index contributed by atoms with van der Waals surface area (Å²) in [5.74, 6) is 0.434. The fourth-order valence-electron chi connectivity index (χ4n) is 3.22. The fraction of sp³-hybridized carbons (Fsp3) is 0.625. The first kappa shape index (κ1) is 15.1. The van der Waals surface area contributed by atoms with Gasteiger partial charge in [0.2, 0.25) is 0 Å². The van der Waals surface area contributed by atoms with E-state index in [4.69, 9.17) is 14.5 Å². The van der Waals surface area contributed by atoms with Crippen molar-refractivity contribution in [3.8, 4) is 0 Å². The van der Waals surface area contributed by atoms with Crippen molar-refractivity contribution in [2.24, 2.45) is 0 Å². The summed E-state index contributed by atoms with van der Waals surface area (Å²) in [5.41, 5.74) is 2.58. The normalized spacial score (nSPS) is 22.6. The van der Waals surface area contributed by atoms with E-state index in [2.05, 4.69) is 20.9 Å². The van der Waals surface area contributed by atoms with E-state index in [1.54, 1.807) is 11.3 Å². The molecule has 1 saturated heterocycles. The van der Waals surface area contributed by atoms with Crippen molar-refractivity contribution in [2.75, 3.05) is 26.8 Å². The Balaban J connectivity index is 1.50. The molecule has 2 fully saturated rings. The van der Waals surface area contributed by atoms with Gasteiger partial charge in [-0.3, -0.25) is 14.1 Å². The van der Waals surface area contributed by atoms with Gasteiger partial charge in [-0.15, -0.1) is 11.3 Å². The van der Waals surface area contributed by atoms with Crippen LogP contribution in [0.25, 0.3) is 4.96 Å². The fourth-order valence-corrected chi connectivity index (χ4v) is 3.96. The van der Waals surface area contributed by atoms with Crippen molar-refractivity contribution in [2.45, 2.75) is 37.8 Å². The van der Waals surface area contributed by atoms with E-state index in [1.165, 1.54) is 31.3 Å². The molecular weight excluding hydrogens is 314 g/mol. The Morgan fingerprint density at radius 1 is 1.52 bits per heavy atom. The van der Waals surface area contributed by atoms with E-state index in [0.29, 0.717) is 18.9 Å². The number of thiazole rings is 1. The maximum absolute atomic E-state index is 11.5. The van der Waals surface area contributed by atoms with Crippen molar-refractivity contribution in [1.29, 1.82) is 0 Å². The summed E-state index contributed by atoms with van der Waals surface area (Å²) in [7, 11) is 1.42. The minimum atomic E-state index is -0.208. The molecule has 1 aliphatic carbocycles. The van der Waals surface area contributed by atoms with Crippen molar-refractivity contribution >= 4 is 22.3 Å². The molecule has 3 heterocycles. The molecule has 0 aromatic carbocycles. The second-order valence-electron chi connectivity index (χ2n) is 6.28. The number of hydrogen-bond acceptors (Lipinski definition) is 6. The van der Waals surface area contributed by atoms with E-state index < -0.39 is 0 Å². The van der Waals surface area contributed by atoms with Crippen molar-refractivity contribution in [3.63, 3.8) is 0 Å². The first-order chi connectivity index (χ1) is 11.2. The molecule has 7 heteroatoms. The third kappa shape index (κ3) is 3.13. The van der Waals surface area contributed by atoms with E-state index in [9.17, 15) is 4.79 Å². The number of ether oxygens (including phenoxy) is 2. The van der Waals surface area contributed by atoms with E-state index in [-0.39, 0.29) is 12.1 Å². The smallest absolute Gasteiger partial charge is 0.308 e. The lowest BCUT2D eigenvalue weighted by molar-refractivity contribution is -0.145. The van der Waals surface area contributed by atoms with Gasteiger partial charge in [-0.2, -0.15) is 0 Å². The molecule has 0 bridgehead atoms. The molecule has 23 heavy (non-hydrogen) atoms. The van der Waals surface area contributed by atoms with Crippen LogP contribution in [0.15, 0.2) is 11.6 Å². The number of esters is 1. The molecule has 124 valence electrons. The number of nitrogens with zero attached hydrogens (tertiary/aromatic N) is 3. The largest absolute Gasteiger partial charge is 0.469 e. The van der Waals surface area contributed by atoms with Crippen LogP contribution in [0, 0.1) is 0 Å². The Hall–Kier alpha value is -1.44. The van der Waals surface area contributed by atoms with Crippen LogP contribution < -0.4 is 0 Å². The van der Waals surface area contributed by atoms with Crippen molar-refractivity contribution < 1.29 is 14.3 Å². The van der Waals surface area contributed by atoms with Gasteiger partial charge in [0, 0.05) is 37.1 Å². The lowest BCUT2D eigenvalue weighted by Gasteiger charge is -2.32. The number of morpholine rings is 1. The summed E-state index contributed by atoms with van der Waals surface area (Å²) in [6.45, 7) is 3.17. The molecule has 0 radical (unpaired) electrons. The van der Waals surface area contributed by atoms with Crippen LogP contribution in [0.5, 0.6) is 0 Å². The molecule has 6 nitrogen and oxygen atoms in total. The summed E-state index contributed by atoms with van der Waals surface area (Å²) in [4.78, 5) is 19.7. The van der Waals surface area contributed by atoms with Crippen LogP contribution in [0.3, 0.4) is 0 Å². The zero-order valence-corrected chi connectivity index (χ0v) is 14.1. The summed E-state index contributed by atoms with van der Waals surface area (Å²) < 4.78 is 12.7. The Morgan fingerprint density at radius 2 is 2.39 bits per heavy atom. The standard InChI is InChI=1S/C16H21N3O3S/c1-21-14(20)8-12-9-18(4-6-22-12)10-13-15(11-2-3-11)17-16-19(13)5-7-23-16/h5,7,11-12H,2-4,6,8-10H2,1H3/t12-/m0/s1. The van der Waals surface area contributed by atoms with E-state index in [0.717, 1.165) is 24.6 Å². The van der Waals surface area contributed by atoms with Gasteiger partial charge in [0.1, 0.15) is 0 Å². The number of carbonyl (C=O) groups excluding carboxylic acids is 1. The number of aromatic nitrogens is 2. The highest BCUT2D eigenvalue weighted by Crippen LogP contribution is 2.42. The van der Waals surface area contributed by atoms with Gasteiger partial charge in [0.15, 0.2) is 4.96 Å². The molecule has 1 aliphatic heterocycles. The molecule has 0 spiro atoms. The van der Waals surface area contributed by atoms with Crippen LogP contribution in [-0.2, 0) is 20.8 Å². The van der Waals surface area contributed by atoms with Gasteiger partial charge in [-0.1, -0.05) is 0 Å². The molecular formula is C16H21N3O3S. The van der Waals surface area contributed by atoms with E-state index in [1.807, 2.05) is 0 Å². The van der Waals surface area contributed by atoms with E-state index >= 15 is 0 Å². The minimum absolute atomic E-state index is 0.0774. The van der Waals surface area contributed by atoms with Crippen molar-refractivity contribution in [1.82, 2.24) is 14.3 Å². The second kappa shape index (κ2) is 6.22. The summed E-state index contributed by atoms with van der Waals surface area (Å²) in [5, 5.41) is 2.09. The monoisotopic (exact) mass is 335 g/mol. The Labute approximate surface area is 139 Å². The first-order valence-electron chi connectivity index (χ1n) is 8.09. The topological polar surface area (TPSA) is 56.1 Å². The predicted molar refractivity (Wildman–Crippen MR) is 86.7 cm³/mol. The Morgan fingerprint density at radius 3 is 3.17 bits per heavy atom. The highest BCUT2D eigenvalue weighted by molar-refractivity contribution is 7.15. The van der Waals surface area contributed by atoms with Crippen LogP contribution >= 0.6 is 11.3 Å². The maximum Gasteiger partial charge on any atom is 0.308 e. The molecule has 0 unspecified atom stereocenters. The SMILES string of the molecule is COC(=O)C[C@H]1CN(Cc2c(C3CC3)nc3sccn23)CCO1. The quantitative estimate of drug-likeness (QED) is 0.783. The number of methoxy groups -OCH3 is 1. The third-order valence-electron chi connectivity index (χ3n) is 4.57. The molecule has 2 aromatic rings. The molecule has 1 saturated carbocycles. The lowest BCUT2D eigenvalue weighted by Crippen LogP contribution is -2.43. The molecule has 2 aliphatic rings. The number of rotatable bonds is 5. The van der Waals surface area contributed by atoms with Gasteiger partial charge >= 0.3 is 5.97 Å². The van der Waals surface area contributed by atoms with Gasteiger partial charge in [0.25, 0.3) is 0 Å². The zero-order chi connectivity index (χ0) is 15.8. The van der Waals surface area contributed by atoms with Gasteiger partial charge < -0.3 is 9.47 Å². The molecule has 2 aromatic heterocycles.